The predicted molar refractivity (Wildman–Crippen MR) is 57.1 cm³/mol. The number of sulfone groups is 1. The average Bonchev–Trinajstić information content (AvgIpc) is 2.43. The van der Waals surface area contributed by atoms with E-state index < -0.39 is 9.84 Å². The summed E-state index contributed by atoms with van der Waals surface area (Å²) in [4.78, 5) is 0. The molecule has 0 saturated carbocycles. The summed E-state index contributed by atoms with van der Waals surface area (Å²) >= 11 is 0. The smallest absolute Gasteiger partial charge is 0.156 e. The summed E-state index contributed by atoms with van der Waals surface area (Å²) in [6, 6.07) is 1.75. The summed E-state index contributed by atoms with van der Waals surface area (Å²) < 4.78 is 25.1. The van der Waals surface area contributed by atoms with Crippen molar-refractivity contribution in [2.75, 3.05) is 18.8 Å². The number of hydrogen-bond donors (Lipinski definition) is 1. The van der Waals surface area contributed by atoms with Crippen LogP contribution in [-0.4, -0.2) is 37.0 Å². The van der Waals surface area contributed by atoms with Gasteiger partial charge in [0.1, 0.15) is 0 Å². The number of aryl methyl sites for hydroxylation is 1. The highest BCUT2D eigenvalue weighted by Crippen LogP contribution is 2.11. The molecule has 1 N–H and O–H groups in total. The van der Waals surface area contributed by atoms with Crippen molar-refractivity contribution in [3.8, 4) is 0 Å². The van der Waals surface area contributed by atoms with Gasteiger partial charge in [0.15, 0.2) is 9.84 Å². The summed E-state index contributed by atoms with van der Waals surface area (Å²) in [6.45, 7) is 1.64. The molecule has 1 aliphatic heterocycles. The largest absolute Gasteiger partial charge is 0.316 e. The molecule has 5 nitrogen and oxygen atoms in total. The highest BCUT2D eigenvalue weighted by Gasteiger charge is 2.24. The number of hydrogen-bond acceptors (Lipinski definition) is 4. The van der Waals surface area contributed by atoms with Crippen LogP contribution >= 0.6 is 0 Å². The fraction of sp³-hybridized carbons (Fsp3) is 0.667. The first kappa shape index (κ1) is 10.6. The van der Waals surface area contributed by atoms with Crippen molar-refractivity contribution < 1.29 is 8.42 Å². The Morgan fingerprint density at radius 2 is 2.33 bits per heavy atom. The zero-order valence-electron chi connectivity index (χ0n) is 8.68. The number of rotatable bonds is 4. The van der Waals surface area contributed by atoms with Gasteiger partial charge >= 0.3 is 0 Å². The molecule has 1 aliphatic rings. The zero-order valence-corrected chi connectivity index (χ0v) is 9.50. The summed E-state index contributed by atoms with van der Waals surface area (Å²) in [5.74, 6) is 0.625. The lowest BCUT2D eigenvalue weighted by Crippen LogP contribution is -2.45. The molecular weight excluding hydrogens is 214 g/mol. The first-order chi connectivity index (χ1) is 7.05. The van der Waals surface area contributed by atoms with Crippen LogP contribution in [0.2, 0.25) is 0 Å². The Balaban J connectivity index is 1.97. The molecule has 1 saturated heterocycles. The quantitative estimate of drug-likeness (QED) is 0.760. The fourth-order valence-electron chi connectivity index (χ4n) is 1.65. The molecule has 0 unspecified atom stereocenters. The van der Waals surface area contributed by atoms with Crippen molar-refractivity contribution in [3.05, 3.63) is 18.0 Å². The van der Waals surface area contributed by atoms with Gasteiger partial charge in [-0.25, -0.2) is 8.42 Å². The Bertz CT molecular complexity index is 434. The van der Waals surface area contributed by atoms with Crippen molar-refractivity contribution in [2.24, 2.45) is 13.0 Å². The first-order valence-electron chi connectivity index (χ1n) is 4.95. The topological polar surface area (TPSA) is 64.0 Å². The number of nitrogens with one attached hydrogen (secondary N) is 1. The van der Waals surface area contributed by atoms with Gasteiger partial charge in [-0.15, -0.1) is 0 Å². The molecule has 0 spiro atoms. The van der Waals surface area contributed by atoms with Gasteiger partial charge in [-0.1, -0.05) is 0 Å². The zero-order chi connectivity index (χ0) is 10.9. The maximum atomic E-state index is 11.7. The van der Waals surface area contributed by atoms with Crippen LogP contribution in [0.4, 0.5) is 0 Å². The second kappa shape index (κ2) is 3.94. The Kier molecular flexibility index (Phi) is 2.79. The van der Waals surface area contributed by atoms with Gasteiger partial charge in [0.2, 0.25) is 0 Å². The molecule has 0 aliphatic carbocycles. The van der Waals surface area contributed by atoms with E-state index in [1.165, 1.54) is 0 Å². The molecule has 15 heavy (non-hydrogen) atoms. The summed E-state index contributed by atoms with van der Waals surface area (Å²) in [6.07, 6.45) is 1.76. The Hall–Kier alpha value is -0.880. The third-order valence-corrected chi connectivity index (χ3v) is 4.21. The molecule has 6 heteroatoms. The summed E-state index contributed by atoms with van der Waals surface area (Å²) in [5, 5.41) is 7.14. The minimum absolute atomic E-state index is 0.0599. The van der Waals surface area contributed by atoms with E-state index in [-0.39, 0.29) is 11.5 Å². The van der Waals surface area contributed by atoms with Crippen LogP contribution in [0, 0.1) is 5.92 Å². The Labute approximate surface area is 89.4 Å². The second-order valence-electron chi connectivity index (χ2n) is 4.06. The van der Waals surface area contributed by atoms with E-state index in [9.17, 15) is 8.42 Å². The third-order valence-electron chi connectivity index (χ3n) is 2.49. The normalized spacial score (nSPS) is 17.7. The SMILES string of the molecule is Cn1ccc(CS(=O)(=O)CC2CNC2)n1. The van der Waals surface area contributed by atoms with Crippen molar-refractivity contribution in [3.63, 3.8) is 0 Å². The molecule has 0 aromatic carbocycles. The van der Waals surface area contributed by atoms with Gasteiger partial charge < -0.3 is 5.32 Å². The van der Waals surface area contributed by atoms with Crippen molar-refractivity contribution >= 4 is 9.84 Å². The van der Waals surface area contributed by atoms with Crippen LogP contribution in [0.25, 0.3) is 0 Å². The monoisotopic (exact) mass is 229 g/mol. The third kappa shape index (κ3) is 2.79. The van der Waals surface area contributed by atoms with E-state index in [0.29, 0.717) is 11.6 Å². The lowest BCUT2D eigenvalue weighted by atomic mass is 10.1. The number of aromatic nitrogens is 2. The molecule has 0 bridgehead atoms. The van der Waals surface area contributed by atoms with E-state index in [2.05, 4.69) is 10.4 Å². The summed E-state index contributed by atoms with van der Waals surface area (Å²) in [5.41, 5.74) is 0.629. The standard InChI is InChI=1S/C9H15N3O2S/c1-12-3-2-9(11-12)7-15(13,14)6-8-4-10-5-8/h2-3,8,10H,4-7H2,1H3. The van der Waals surface area contributed by atoms with Gasteiger partial charge in [-0.2, -0.15) is 5.10 Å². The Morgan fingerprint density at radius 1 is 1.60 bits per heavy atom. The molecule has 1 aromatic rings. The van der Waals surface area contributed by atoms with Gasteiger partial charge in [-0.3, -0.25) is 4.68 Å². The van der Waals surface area contributed by atoms with Gasteiger partial charge in [0.25, 0.3) is 0 Å². The Morgan fingerprint density at radius 3 is 2.80 bits per heavy atom. The molecule has 2 rings (SSSR count). The van der Waals surface area contributed by atoms with E-state index >= 15 is 0 Å². The van der Waals surface area contributed by atoms with E-state index in [0.717, 1.165) is 13.1 Å². The lowest BCUT2D eigenvalue weighted by Gasteiger charge is -2.26. The predicted octanol–water partition coefficient (Wildman–Crippen LogP) is -0.446. The first-order valence-corrected chi connectivity index (χ1v) is 6.77. The van der Waals surface area contributed by atoms with Crippen molar-refractivity contribution in [2.45, 2.75) is 5.75 Å². The fourth-order valence-corrected chi connectivity index (χ4v) is 3.33. The minimum Gasteiger partial charge on any atom is -0.316 e. The molecule has 84 valence electrons. The molecule has 0 amide bonds. The molecule has 1 aromatic heterocycles. The van der Waals surface area contributed by atoms with Crippen LogP contribution in [0.5, 0.6) is 0 Å². The van der Waals surface area contributed by atoms with E-state index in [1.807, 2.05) is 0 Å². The molecule has 2 heterocycles. The van der Waals surface area contributed by atoms with Crippen LogP contribution in [0.15, 0.2) is 12.3 Å². The van der Waals surface area contributed by atoms with Crippen molar-refractivity contribution in [1.82, 2.24) is 15.1 Å². The van der Waals surface area contributed by atoms with E-state index in [4.69, 9.17) is 0 Å². The lowest BCUT2D eigenvalue weighted by molar-refractivity contribution is 0.378. The molecule has 0 atom stereocenters. The van der Waals surface area contributed by atoms with Crippen LogP contribution in [0.3, 0.4) is 0 Å². The van der Waals surface area contributed by atoms with Crippen LogP contribution in [-0.2, 0) is 22.6 Å². The van der Waals surface area contributed by atoms with Crippen LogP contribution in [0.1, 0.15) is 5.69 Å². The molecule has 1 fully saturated rings. The van der Waals surface area contributed by atoms with E-state index in [1.54, 1.807) is 24.0 Å². The van der Waals surface area contributed by atoms with Crippen molar-refractivity contribution in [1.29, 1.82) is 0 Å². The number of nitrogens with zero attached hydrogens (tertiary/aromatic N) is 2. The highest BCUT2D eigenvalue weighted by molar-refractivity contribution is 7.90. The maximum absolute atomic E-state index is 11.7. The second-order valence-corrected chi connectivity index (χ2v) is 6.17. The summed E-state index contributed by atoms with van der Waals surface area (Å²) in [7, 11) is -1.21. The van der Waals surface area contributed by atoms with Crippen LogP contribution < -0.4 is 5.32 Å². The minimum atomic E-state index is -3.00. The van der Waals surface area contributed by atoms with Gasteiger partial charge in [0, 0.05) is 26.3 Å². The molecular formula is C9H15N3O2S. The highest BCUT2D eigenvalue weighted by atomic mass is 32.2. The van der Waals surface area contributed by atoms with Gasteiger partial charge in [-0.05, 0) is 12.0 Å². The maximum Gasteiger partial charge on any atom is 0.156 e. The van der Waals surface area contributed by atoms with Gasteiger partial charge in [0.05, 0.1) is 17.2 Å². The molecule has 0 radical (unpaired) electrons. The average molecular weight is 229 g/mol.